The van der Waals surface area contributed by atoms with E-state index in [1.807, 2.05) is 19.2 Å². The van der Waals surface area contributed by atoms with Crippen molar-refractivity contribution < 1.29 is 9.53 Å². The zero-order valence-corrected chi connectivity index (χ0v) is 11.8. The van der Waals surface area contributed by atoms with E-state index in [-0.39, 0.29) is 5.91 Å². The molecule has 0 aliphatic carbocycles. The average Bonchev–Trinajstić information content (AvgIpc) is 2.49. The van der Waals surface area contributed by atoms with Gasteiger partial charge >= 0.3 is 0 Å². The molecule has 1 aromatic rings. The van der Waals surface area contributed by atoms with Crippen molar-refractivity contribution >= 4 is 5.91 Å². The Morgan fingerprint density at radius 1 is 1.45 bits per heavy atom. The van der Waals surface area contributed by atoms with Crippen LogP contribution in [-0.2, 0) is 16.0 Å². The Morgan fingerprint density at radius 3 is 2.80 bits per heavy atom. The highest BCUT2D eigenvalue weighted by Gasteiger charge is 2.18. The second-order valence-electron chi connectivity index (χ2n) is 5.34. The molecule has 1 aliphatic rings. The maximum atomic E-state index is 12.2. The molecule has 1 atom stereocenters. The number of benzene rings is 1. The number of rotatable bonds is 4. The van der Waals surface area contributed by atoms with E-state index >= 15 is 0 Å². The number of nitriles is 1. The molecule has 20 heavy (non-hydrogen) atoms. The Hall–Kier alpha value is -1.86. The van der Waals surface area contributed by atoms with Gasteiger partial charge in [-0.25, -0.2) is 0 Å². The van der Waals surface area contributed by atoms with Crippen molar-refractivity contribution in [3.05, 3.63) is 35.4 Å². The van der Waals surface area contributed by atoms with E-state index in [1.165, 1.54) is 0 Å². The van der Waals surface area contributed by atoms with Gasteiger partial charge in [-0.15, -0.1) is 0 Å². The van der Waals surface area contributed by atoms with Gasteiger partial charge in [0.1, 0.15) is 0 Å². The average molecular weight is 272 g/mol. The van der Waals surface area contributed by atoms with Crippen LogP contribution >= 0.6 is 0 Å². The number of amides is 1. The van der Waals surface area contributed by atoms with Gasteiger partial charge in [-0.3, -0.25) is 4.79 Å². The highest BCUT2D eigenvalue weighted by Crippen LogP contribution is 2.15. The van der Waals surface area contributed by atoms with Crippen LogP contribution in [0.5, 0.6) is 0 Å². The Bertz CT molecular complexity index is 484. The van der Waals surface area contributed by atoms with Gasteiger partial charge in [0, 0.05) is 20.2 Å². The van der Waals surface area contributed by atoms with E-state index in [9.17, 15) is 4.79 Å². The summed E-state index contributed by atoms with van der Waals surface area (Å²) in [5, 5.41) is 8.74. The van der Waals surface area contributed by atoms with Crippen LogP contribution in [0.1, 0.15) is 24.0 Å². The number of likely N-dealkylation sites (N-methyl/N-ethyl adjacent to an activating group) is 1. The third-order valence-corrected chi connectivity index (χ3v) is 3.65. The molecule has 1 fully saturated rings. The first kappa shape index (κ1) is 14.5. The summed E-state index contributed by atoms with van der Waals surface area (Å²) in [6.45, 7) is 2.36. The van der Waals surface area contributed by atoms with Gasteiger partial charge in [0.05, 0.1) is 24.7 Å². The summed E-state index contributed by atoms with van der Waals surface area (Å²) >= 11 is 0. The minimum Gasteiger partial charge on any atom is -0.381 e. The Morgan fingerprint density at radius 2 is 2.20 bits per heavy atom. The van der Waals surface area contributed by atoms with Gasteiger partial charge < -0.3 is 9.64 Å². The summed E-state index contributed by atoms with van der Waals surface area (Å²) in [5.74, 6) is 0.568. The summed E-state index contributed by atoms with van der Waals surface area (Å²) < 4.78 is 5.44. The van der Waals surface area contributed by atoms with Crippen LogP contribution in [0.3, 0.4) is 0 Å². The maximum absolute atomic E-state index is 12.2. The zero-order chi connectivity index (χ0) is 14.4. The first-order valence-corrected chi connectivity index (χ1v) is 7.00. The van der Waals surface area contributed by atoms with Crippen LogP contribution in [-0.4, -0.2) is 37.6 Å². The quantitative estimate of drug-likeness (QED) is 0.842. The molecule has 4 nitrogen and oxygen atoms in total. The van der Waals surface area contributed by atoms with Gasteiger partial charge in [-0.2, -0.15) is 5.26 Å². The number of carbonyl (C=O) groups is 1. The normalized spacial score (nSPS) is 18.3. The Balaban J connectivity index is 1.85. The molecule has 1 aromatic carbocycles. The molecule has 106 valence electrons. The molecule has 1 amide bonds. The van der Waals surface area contributed by atoms with Crippen molar-refractivity contribution in [2.24, 2.45) is 5.92 Å². The van der Waals surface area contributed by atoms with E-state index in [4.69, 9.17) is 10.00 Å². The van der Waals surface area contributed by atoms with E-state index < -0.39 is 0 Å². The second-order valence-corrected chi connectivity index (χ2v) is 5.34. The minimum atomic E-state index is 0.111. The standard InChI is InChI=1S/C16H20N2O2/c1-18(11-15-3-2-8-20-12-15)16(19)9-13-4-6-14(10-17)7-5-13/h4-7,15H,2-3,8-9,11-12H2,1H3. The topological polar surface area (TPSA) is 53.3 Å². The highest BCUT2D eigenvalue weighted by molar-refractivity contribution is 5.78. The molecule has 1 unspecified atom stereocenters. The number of hydrogen-bond acceptors (Lipinski definition) is 3. The zero-order valence-electron chi connectivity index (χ0n) is 11.8. The molecule has 2 rings (SSSR count). The van der Waals surface area contributed by atoms with Crippen LogP contribution in [0.25, 0.3) is 0 Å². The number of hydrogen-bond donors (Lipinski definition) is 0. The molecule has 4 heteroatoms. The molecule has 0 bridgehead atoms. The van der Waals surface area contributed by atoms with Gasteiger partial charge in [-0.05, 0) is 36.5 Å². The molecular weight excluding hydrogens is 252 g/mol. The van der Waals surface area contributed by atoms with Crippen molar-refractivity contribution in [3.63, 3.8) is 0 Å². The van der Waals surface area contributed by atoms with Crippen LogP contribution in [0.2, 0.25) is 0 Å². The predicted octanol–water partition coefficient (Wildman–Crippen LogP) is 1.99. The van der Waals surface area contributed by atoms with Gasteiger partial charge in [0.2, 0.25) is 5.91 Å². The molecule has 0 radical (unpaired) electrons. The van der Waals surface area contributed by atoms with Gasteiger partial charge in [0.25, 0.3) is 0 Å². The molecule has 1 saturated heterocycles. The summed E-state index contributed by atoms with van der Waals surface area (Å²) in [4.78, 5) is 13.9. The van der Waals surface area contributed by atoms with Gasteiger partial charge in [0.15, 0.2) is 0 Å². The van der Waals surface area contributed by atoms with Crippen LogP contribution in [0, 0.1) is 17.2 Å². The fourth-order valence-electron chi connectivity index (χ4n) is 2.45. The predicted molar refractivity (Wildman–Crippen MR) is 76.0 cm³/mol. The Kier molecular flexibility index (Phi) is 5.14. The van der Waals surface area contributed by atoms with Crippen molar-refractivity contribution in [3.8, 4) is 6.07 Å². The number of nitrogens with zero attached hydrogens (tertiary/aromatic N) is 2. The van der Waals surface area contributed by atoms with E-state index in [0.29, 0.717) is 17.9 Å². The lowest BCUT2D eigenvalue weighted by molar-refractivity contribution is -0.130. The molecule has 0 aromatic heterocycles. The number of carbonyl (C=O) groups excluding carboxylic acids is 1. The first-order valence-electron chi connectivity index (χ1n) is 7.00. The van der Waals surface area contributed by atoms with Crippen molar-refractivity contribution in [1.82, 2.24) is 4.90 Å². The molecular formula is C16H20N2O2. The fraction of sp³-hybridized carbons (Fsp3) is 0.500. The SMILES string of the molecule is CN(CC1CCCOC1)C(=O)Cc1ccc(C#N)cc1. The first-order chi connectivity index (χ1) is 9.69. The molecule has 0 N–H and O–H groups in total. The molecule has 0 saturated carbocycles. The van der Waals surface area contributed by atoms with Crippen LogP contribution in [0.4, 0.5) is 0 Å². The van der Waals surface area contributed by atoms with Crippen molar-refractivity contribution in [2.45, 2.75) is 19.3 Å². The van der Waals surface area contributed by atoms with Crippen LogP contribution in [0.15, 0.2) is 24.3 Å². The monoisotopic (exact) mass is 272 g/mol. The fourth-order valence-corrected chi connectivity index (χ4v) is 2.45. The van der Waals surface area contributed by atoms with Crippen molar-refractivity contribution in [1.29, 1.82) is 5.26 Å². The number of ether oxygens (including phenoxy) is 1. The summed E-state index contributed by atoms with van der Waals surface area (Å²) in [7, 11) is 1.85. The van der Waals surface area contributed by atoms with Crippen molar-refractivity contribution in [2.75, 3.05) is 26.8 Å². The largest absolute Gasteiger partial charge is 0.381 e. The van der Waals surface area contributed by atoms with Gasteiger partial charge in [-0.1, -0.05) is 12.1 Å². The molecule has 1 heterocycles. The van der Waals surface area contributed by atoms with Crippen LogP contribution < -0.4 is 0 Å². The Labute approximate surface area is 120 Å². The lowest BCUT2D eigenvalue weighted by Crippen LogP contribution is -2.35. The highest BCUT2D eigenvalue weighted by atomic mass is 16.5. The van der Waals surface area contributed by atoms with E-state index in [2.05, 4.69) is 6.07 Å². The lowest BCUT2D eigenvalue weighted by atomic mass is 10.0. The smallest absolute Gasteiger partial charge is 0.226 e. The third kappa shape index (κ3) is 4.07. The molecule has 1 aliphatic heterocycles. The summed E-state index contributed by atoms with van der Waals surface area (Å²) in [5.41, 5.74) is 1.56. The minimum absolute atomic E-state index is 0.111. The maximum Gasteiger partial charge on any atom is 0.226 e. The summed E-state index contributed by atoms with van der Waals surface area (Å²) in [6.07, 6.45) is 2.60. The third-order valence-electron chi connectivity index (χ3n) is 3.65. The lowest BCUT2D eigenvalue weighted by Gasteiger charge is -2.27. The van der Waals surface area contributed by atoms with E-state index in [0.717, 1.165) is 38.2 Å². The molecule has 0 spiro atoms. The summed E-state index contributed by atoms with van der Waals surface area (Å²) in [6, 6.07) is 9.25. The second kappa shape index (κ2) is 7.06. The van der Waals surface area contributed by atoms with E-state index in [1.54, 1.807) is 17.0 Å².